The van der Waals surface area contributed by atoms with Gasteiger partial charge in [0.15, 0.2) is 0 Å². The van der Waals surface area contributed by atoms with Crippen LogP contribution in [0, 0.1) is 13.8 Å². The summed E-state index contributed by atoms with van der Waals surface area (Å²) in [5.74, 6) is -0.0733. The summed E-state index contributed by atoms with van der Waals surface area (Å²) < 4.78 is 4.80. The second-order valence-electron chi connectivity index (χ2n) is 4.00. The quantitative estimate of drug-likeness (QED) is 0.812. The van der Waals surface area contributed by atoms with Gasteiger partial charge in [0.1, 0.15) is 0 Å². The highest BCUT2D eigenvalue weighted by molar-refractivity contribution is 7.14. The molecule has 1 rings (SSSR count). The van der Waals surface area contributed by atoms with Crippen molar-refractivity contribution in [1.82, 2.24) is 5.32 Å². The molecule has 96 valence electrons. The third kappa shape index (κ3) is 4.46. The van der Waals surface area contributed by atoms with Crippen molar-refractivity contribution in [1.29, 1.82) is 0 Å². The van der Waals surface area contributed by atoms with E-state index in [0.29, 0.717) is 19.6 Å². The maximum atomic E-state index is 11.7. The van der Waals surface area contributed by atoms with Crippen LogP contribution in [0.1, 0.15) is 26.5 Å². The highest BCUT2D eigenvalue weighted by atomic mass is 32.1. The molecule has 5 heteroatoms. The lowest BCUT2D eigenvalue weighted by molar-refractivity contribution is 0.0588. The average Bonchev–Trinajstić information content (AvgIpc) is 2.59. The molecule has 0 aliphatic heterocycles. The fourth-order valence-corrected chi connectivity index (χ4v) is 2.35. The second-order valence-corrected chi connectivity index (χ2v) is 5.26. The largest absolute Gasteiger partial charge is 0.391 e. The number of carbonyl (C=O) groups excluding carboxylic acids is 1. The van der Waals surface area contributed by atoms with Gasteiger partial charge in [0.25, 0.3) is 5.91 Å². The molecular formula is C12H19NO3S. The molecule has 1 aromatic rings. The summed E-state index contributed by atoms with van der Waals surface area (Å²) in [6.07, 6.45) is -0.0183. The van der Waals surface area contributed by atoms with Crippen LogP contribution in [0.25, 0.3) is 0 Å². The van der Waals surface area contributed by atoms with Crippen LogP contribution in [-0.4, -0.2) is 37.4 Å². The molecule has 1 unspecified atom stereocenters. The van der Waals surface area contributed by atoms with E-state index in [4.69, 9.17) is 4.74 Å². The molecule has 0 saturated carbocycles. The fraction of sp³-hybridized carbons (Fsp3) is 0.583. The van der Waals surface area contributed by atoms with Gasteiger partial charge in [0.2, 0.25) is 0 Å². The monoisotopic (exact) mass is 257 g/mol. The zero-order valence-corrected chi connectivity index (χ0v) is 11.3. The van der Waals surface area contributed by atoms with Crippen LogP contribution in [-0.2, 0) is 4.74 Å². The van der Waals surface area contributed by atoms with Gasteiger partial charge >= 0.3 is 0 Å². The predicted molar refractivity (Wildman–Crippen MR) is 68.6 cm³/mol. The molecule has 0 aromatic carbocycles. The Morgan fingerprint density at radius 2 is 2.29 bits per heavy atom. The van der Waals surface area contributed by atoms with E-state index < -0.39 is 6.10 Å². The van der Waals surface area contributed by atoms with Gasteiger partial charge in [0.05, 0.1) is 17.6 Å². The fourth-order valence-electron chi connectivity index (χ4n) is 1.40. The van der Waals surface area contributed by atoms with E-state index in [-0.39, 0.29) is 5.91 Å². The molecular weight excluding hydrogens is 238 g/mol. The zero-order valence-electron chi connectivity index (χ0n) is 10.4. The summed E-state index contributed by atoms with van der Waals surface area (Å²) in [5, 5.41) is 12.2. The van der Waals surface area contributed by atoms with E-state index in [9.17, 15) is 9.90 Å². The summed E-state index contributed by atoms with van der Waals surface area (Å²) in [6, 6.07) is 1.89. The van der Waals surface area contributed by atoms with Crippen LogP contribution >= 0.6 is 11.3 Å². The van der Waals surface area contributed by atoms with Crippen molar-refractivity contribution in [3.8, 4) is 0 Å². The summed E-state index contributed by atoms with van der Waals surface area (Å²) in [5.41, 5.74) is 1.14. The molecule has 0 spiro atoms. The number of aryl methyl sites for hydroxylation is 2. The Balaban J connectivity index is 2.35. The van der Waals surface area contributed by atoms with Gasteiger partial charge < -0.3 is 15.2 Å². The topological polar surface area (TPSA) is 58.6 Å². The highest BCUT2D eigenvalue weighted by Gasteiger charge is 2.10. The number of ether oxygens (including phenoxy) is 1. The van der Waals surface area contributed by atoms with Crippen LogP contribution in [0.5, 0.6) is 0 Å². The number of methoxy groups -OCH3 is 1. The minimum Gasteiger partial charge on any atom is -0.391 e. The first-order valence-corrected chi connectivity index (χ1v) is 6.38. The number of aliphatic hydroxyl groups is 1. The Morgan fingerprint density at radius 3 is 2.82 bits per heavy atom. The molecule has 17 heavy (non-hydrogen) atoms. The first-order chi connectivity index (χ1) is 8.04. The van der Waals surface area contributed by atoms with Crippen molar-refractivity contribution in [2.45, 2.75) is 26.4 Å². The Morgan fingerprint density at radius 1 is 1.59 bits per heavy atom. The molecule has 0 radical (unpaired) electrons. The van der Waals surface area contributed by atoms with Crippen molar-refractivity contribution in [3.05, 3.63) is 21.4 Å². The molecule has 0 saturated heterocycles. The molecule has 0 bridgehead atoms. The normalized spacial score (nSPS) is 12.5. The molecule has 1 heterocycles. The van der Waals surface area contributed by atoms with Crippen molar-refractivity contribution >= 4 is 17.2 Å². The summed E-state index contributed by atoms with van der Waals surface area (Å²) >= 11 is 1.49. The molecule has 0 fully saturated rings. The Kier molecular flexibility index (Phi) is 5.61. The standard InChI is InChI=1S/C12H19NO3S/c1-8-6-11(17-9(8)2)12(15)13-5-4-10(14)7-16-3/h6,10,14H,4-5,7H2,1-3H3,(H,13,15). The number of hydrogen-bond donors (Lipinski definition) is 2. The van der Waals surface area contributed by atoms with Crippen LogP contribution in [0.2, 0.25) is 0 Å². The second kappa shape index (κ2) is 6.74. The number of rotatable bonds is 6. The van der Waals surface area contributed by atoms with Gasteiger partial charge in [-0.15, -0.1) is 11.3 Å². The number of amides is 1. The lowest BCUT2D eigenvalue weighted by atomic mass is 10.2. The van der Waals surface area contributed by atoms with Gasteiger partial charge in [0, 0.05) is 18.5 Å². The lowest BCUT2D eigenvalue weighted by Crippen LogP contribution is -2.27. The third-order valence-corrected chi connectivity index (χ3v) is 3.66. The van der Waals surface area contributed by atoms with Gasteiger partial charge in [-0.2, -0.15) is 0 Å². The van der Waals surface area contributed by atoms with Gasteiger partial charge in [-0.1, -0.05) is 0 Å². The third-order valence-electron chi connectivity index (χ3n) is 2.51. The molecule has 0 aliphatic rings. The van der Waals surface area contributed by atoms with E-state index in [0.717, 1.165) is 15.3 Å². The Labute approximate surface area is 106 Å². The molecule has 1 atom stereocenters. The lowest BCUT2D eigenvalue weighted by Gasteiger charge is -2.09. The Bertz CT molecular complexity index is 356. The first-order valence-electron chi connectivity index (χ1n) is 5.56. The summed E-state index contributed by atoms with van der Waals surface area (Å²) in [6.45, 7) is 4.75. The molecule has 1 aromatic heterocycles. The van der Waals surface area contributed by atoms with Crippen LogP contribution < -0.4 is 5.32 Å². The van der Waals surface area contributed by atoms with Crippen LogP contribution in [0.15, 0.2) is 6.07 Å². The van der Waals surface area contributed by atoms with Gasteiger partial charge in [-0.05, 0) is 31.9 Å². The minimum atomic E-state index is -0.521. The Hall–Kier alpha value is -0.910. The smallest absolute Gasteiger partial charge is 0.261 e. The summed E-state index contributed by atoms with van der Waals surface area (Å²) in [7, 11) is 1.54. The maximum Gasteiger partial charge on any atom is 0.261 e. The van der Waals surface area contributed by atoms with Gasteiger partial charge in [-0.25, -0.2) is 0 Å². The van der Waals surface area contributed by atoms with E-state index in [1.807, 2.05) is 19.9 Å². The van der Waals surface area contributed by atoms with E-state index in [2.05, 4.69) is 5.32 Å². The average molecular weight is 257 g/mol. The van der Waals surface area contributed by atoms with Crippen LogP contribution in [0.4, 0.5) is 0 Å². The van der Waals surface area contributed by atoms with Crippen molar-refractivity contribution in [3.63, 3.8) is 0 Å². The zero-order chi connectivity index (χ0) is 12.8. The van der Waals surface area contributed by atoms with Gasteiger partial charge in [-0.3, -0.25) is 4.79 Å². The predicted octanol–water partition coefficient (Wildman–Crippen LogP) is 1.49. The molecule has 1 amide bonds. The minimum absolute atomic E-state index is 0.0733. The number of carbonyl (C=O) groups is 1. The molecule has 0 aliphatic carbocycles. The molecule has 2 N–H and O–H groups in total. The van der Waals surface area contributed by atoms with E-state index >= 15 is 0 Å². The number of aliphatic hydroxyl groups excluding tert-OH is 1. The molecule has 4 nitrogen and oxygen atoms in total. The van der Waals surface area contributed by atoms with Crippen molar-refractivity contribution in [2.24, 2.45) is 0 Å². The van der Waals surface area contributed by atoms with Crippen molar-refractivity contribution in [2.75, 3.05) is 20.3 Å². The SMILES string of the molecule is COCC(O)CCNC(=O)c1cc(C)c(C)s1. The number of nitrogens with one attached hydrogen (secondary N) is 1. The highest BCUT2D eigenvalue weighted by Crippen LogP contribution is 2.20. The summed E-state index contributed by atoms with van der Waals surface area (Å²) in [4.78, 5) is 13.6. The van der Waals surface area contributed by atoms with E-state index in [1.165, 1.54) is 11.3 Å². The number of hydrogen-bond acceptors (Lipinski definition) is 4. The number of thiophene rings is 1. The maximum absolute atomic E-state index is 11.7. The van der Waals surface area contributed by atoms with Crippen LogP contribution in [0.3, 0.4) is 0 Å². The first kappa shape index (κ1) is 14.2. The van der Waals surface area contributed by atoms with Crippen molar-refractivity contribution < 1.29 is 14.6 Å². The van der Waals surface area contributed by atoms with E-state index in [1.54, 1.807) is 7.11 Å².